The van der Waals surface area contributed by atoms with Gasteiger partial charge in [-0.15, -0.1) is 4.67 Å². The van der Waals surface area contributed by atoms with Gasteiger partial charge in [0.05, 0.1) is 18.1 Å². The third kappa shape index (κ3) is 4.66. The number of nitrogens with zero attached hydrogens (tertiary/aromatic N) is 5. The molecule has 0 radical (unpaired) electrons. The highest BCUT2D eigenvalue weighted by atomic mass is 35.5. The number of halogens is 3. The lowest BCUT2D eigenvalue weighted by Crippen LogP contribution is -2.34. The zero-order chi connectivity index (χ0) is 22.6. The monoisotopic (exact) mass is 485 g/mol. The number of aromatic nitrogens is 4. The van der Waals surface area contributed by atoms with Gasteiger partial charge in [-0.3, -0.25) is 4.57 Å². The van der Waals surface area contributed by atoms with E-state index in [0.717, 1.165) is 11.3 Å². The molecule has 4 heterocycles. The van der Waals surface area contributed by atoms with E-state index in [0.29, 0.717) is 5.39 Å². The summed E-state index contributed by atoms with van der Waals surface area (Å²) in [4.78, 5) is 23.2. The number of aliphatic hydroxyl groups is 2. The smallest absolute Gasteiger partial charge is 0.352 e. The molecule has 2 aromatic heterocycles. The van der Waals surface area contributed by atoms with Gasteiger partial charge in [0.2, 0.25) is 5.28 Å². The van der Waals surface area contributed by atoms with Gasteiger partial charge in [0, 0.05) is 19.6 Å². The molecule has 0 amide bonds. The molecule has 2 aromatic rings. The number of fused-ring (bicyclic) bond motifs is 1. The molecule has 0 bridgehead atoms. The molecule has 0 saturated carbocycles. The maximum Gasteiger partial charge on any atom is 0.352 e. The molecule has 172 valence electrons. The van der Waals surface area contributed by atoms with Gasteiger partial charge >= 0.3 is 7.60 Å². The van der Waals surface area contributed by atoms with Gasteiger partial charge in [-0.05, 0) is 11.6 Å². The number of alkyl halides is 2. The van der Waals surface area contributed by atoms with E-state index >= 15 is 0 Å². The summed E-state index contributed by atoms with van der Waals surface area (Å²) < 4.78 is 49.5. The van der Waals surface area contributed by atoms with Crippen molar-refractivity contribution in [3.63, 3.8) is 0 Å². The number of aliphatic hydroxyl groups excluding tert-OH is 2. The van der Waals surface area contributed by atoms with Crippen LogP contribution in [0.25, 0.3) is 11.0 Å². The van der Waals surface area contributed by atoms with E-state index in [1.54, 1.807) is 0 Å². The molecule has 12 nitrogen and oxygen atoms in total. The van der Waals surface area contributed by atoms with E-state index in [1.807, 2.05) is 0 Å². The zero-order valence-electron chi connectivity index (χ0n) is 16.0. The SMILES string of the molecule is CP(=O)(O)OOC[C@H]1O[C@@H](n2ncc3c(N4CCC(F)(F)C4)nc(Cl)nc32)[C@H](O)[C@@H]1O. The Bertz CT molecular complexity index is 1020. The Morgan fingerprint density at radius 2 is 2.13 bits per heavy atom. The Kier molecular flexibility index (Phi) is 5.94. The average Bonchev–Trinajstić information content (AvgIpc) is 3.31. The summed E-state index contributed by atoms with van der Waals surface area (Å²) in [6.45, 7) is -0.0270. The fourth-order valence-electron chi connectivity index (χ4n) is 3.49. The number of hydrogen-bond acceptors (Lipinski definition) is 10. The van der Waals surface area contributed by atoms with Gasteiger partial charge in [0.1, 0.15) is 30.7 Å². The maximum absolute atomic E-state index is 13.7. The molecule has 0 aromatic carbocycles. The second-order valence-corrected chi connectivity index (χ2v) is 9.47. The summed E-state index contributed by atoms with van der Waals surface area (Å²) in [6, 6.07) is 0. The Hall–Kier alpha value is -1.51. The Morgan fingerprint density at radius 3 is 2.77 bits per heavy atom. The molecule has 2 aliphatic rings. The predicted molar refractivity (Wildman–Crippen MR) is 101 cm³/mol. The second-order valence-electron chi connectivity index (χ2n) is 7.38. The fraction of sp³-hybridized carbons (Fsp3) is 0.667. The van der Waals surface area contributed by atoms with Gasteiger partial charge in [-0.25, -0.2) is 18.4 Å². The molecule has 31 heavy (non-hydrogen) atoms. The second kappa shape index (κ2) is 8.12. The minimum Gasteiger partial charge on any atom is -0.387 e. The number of anilines is 1. The van der Waals surface area contributed by atoms with Crippen LogP contribution in [0.15, 0.2) is 6.20 Å². The highest BCUT2D eigenvalue weighted by Crippen LogP contribution is 2.39. The predicted octanol–water partition coefficient (Wildman–Crippen LogP) is 0.708. The largest absolute Gasteiger partial charge is 0.387 e. The van der Waals surface area contributed by atoms with E-state index < -0.39 is 51.2 Å². The van der Waals surface area contributed by atoms with Crippen molar-refractivity contribution < 1.29 is 42.8 Å². The third-order valence-electron chi connectivity index (χ3n) is 4.88. The summed E-state index contributed by atoms with van der Waals surface area (Å²) >= 11 is 6.00. The lowest BCUT2D eigenvalue weighted by Gasteiger charge is -2.19. The normalized spacial score (nSPS) is 30.2. The quantitative estimate of drug-likeness (QED) is 0.229. The van der Waals surface area contributed by atoms with Crippen molar-refractivity contribution in [3.05, 3.63) is 11.5 Å². The molecule has 2 saturated heterocycles. The molecule has 2 aliphatic heterocycles. The van der Waals surface area contributed by atoms with Crippen molar-refractivity contribution in [2.75, 3.05) is 31.3 Å². The first kappa shape index (κ1) is 22.7. The number of hydrogen-bond donors (Lipinski definition) is 3. The molecule has 5 atom stereocenters. The van der Waals surface area contributed by atoms with Gasteiger partial charge in [0.15, 0.2) is 11.9 Å². The van der Waals surface area contributed by atoms with Crippen molar-refractivity contribution in [1.82, 2.24) is 19.7 Å². The van der Waals surface area contributed by atoms with Crippen LogP contribution >= 0.6 is 19.2 Å². The highest BCUT2D eigenvalue weighted by Gasteiger charge is 2.46. The molecular weight excluding hydrogens is 467 g/mol. The van der Waals surface area contributed by atoms with Crippen LogP contribution in [0.2, 0.25) is 5.28 Å². The van der Waals surface area contributed by atoms with E-state index in [1.165, 1.54) is 11.1 Å². The molecule has 16 heteroatoms. The zero-order valence-corrected chi connectivity index (χ0v) is 17.7. The van der Waals surface area contributed by atoms with Gasteiger partial charge in [-0.1, -0.05) is 0 Å². The van der Waals surface area contributed by atoms with Crippen molar-refractivity contribution >= 4 is 36.0 Å². The Balaban J connectivity index is 1.59. The molecule has 2 fully saturated rings. The molecule has 1 unspecified atom stereocenters. The van der Waals surface area contributed by atoms with Crippen LogP contribution in [0.3, 0.4) is 0 Å². The summed E-state index contributed by atoms with van der Waals surface area (Å²) in [5.74, 6) is -2.69. The van der Waals surface area contributed by atoms with Crippen LogP contribution in [0.1, 0.15) is 12.6 Å². The molecule has 0 aliphatic carbocycles. The van der Waals surface area contributed by atoms with Crippen molar-refractivity contribution in [2.45, 2.75) is 36.9 Å². The minimum absolute atomic E-state index is 0.0629. The average molecular weight is 486 g/mol. The third-order valence-corrected chi connectivity index (χ3v) is 5.43. The summed E-state index contributed by atoms with van der Waals surface area (Å²) in [5.41, 5.74) is 0.104. The van der Waals surface area contributed by atoms with E-state index in [4.69, 9.17) is 21.2 Å². The van der Waals surface area contributed by atoms with Crippen molar-refractivity contribution in [2.24, 2.45) is 0 Å². The van der Waals surface area contributed by atoms with E-state index in [-0.39, 0.29) is 29.7 Å². The standard InChI is InChI=1S/C15H19ClF2N5O7P/c1-31(26,27)30-28-5-8-9(24)10(25)13(29-8)23-12-7(4-19-23)11(20-14(16)21-12)22-3-2-15(17,18)6-22/h4,8-10,13,24-25H,2-3,5-6H2,1H3,(H,26,27)/t8-,9-,10-,13-/m1/s1. The minimum atomic E-state index is -3.91. The van der Waals surface area contributed by atoms with Crippen LogP contribution in [0.4, 0.5) is 14.6 Å². The first-order chi connectivity index (χ1) is 14.5. The van der Waals surface area contributed by atoms with Crippen LogP contribution in [0, 0.1) is 0 Å². The highest BCUT2D eigenvalue weighted by molar-refractivity contribution is 7.51. The van der Waals surface area contributed by atoms with Gasteiger partial charge in [0.25, 0.3) is 5.92 Å². The maximum atomic E-state index is 13.7. The van der Waals surface area contributed by atoms with Crippen LogP contribution < -0.4 is 4.90 Å². The lowest BCUT2D eigenvalue weighted by molar-refractivity contribution is -0.238. The Morgan fingerprint density at radius 1 is 1.39 bits per heavy atom. The fourth-order valence-corrected chi connectivity index (χ4v) is 3.91. The molecule has 4 rings (SSSR count). The van der Waals surface area contributed by atoms with Crippen molar-refractivity contribution in [1.29, 1.82) is 0 Å². The summed E-state index contributed by atoms with van der Waals surface area (Å²) in [7, 11) is -3.91. The molecular formula is C15H19ClF2N5O7P. The van der Waals surface area contributed by atoms with Crippen LogP contribution in [-0.4, -0.2) is 85.5 Å². The summed E-state index contributed by atoms with van der Waals surface area (Å²) in [5, 5.41) is 24.9. The van der Waals surface area contributed by atoms with Crippen LogP contribution in [0.5, 0.6) is 0 Å². The number of rotatable bonds is 6. The summed E-state index contributed by atoms with van der Waals surface area (Å²) in [6.07, 6.45) is -4.29. The number of ether oxygens (including phenoxy) is 1. The lowest BCUT2D eigenvalue weighted by atomic mass is 10.1. The first-order valence-corrected chi connectivity index (χ1v) is 11.5. The molecule has 0 spiro atoms. The van der Waals surface area contributed by atoms with Gasteiger partial charge < -0.3 is 24.7 Å². The van der Waals surface area contributed by atoms with Crippen molar-refractivity contribution in [3.8, 4) is 0 Å². The van der Waals surface area contributed by atoms with Gasteiger partial charge in [-0.2, -0.15) is 15.1 Å². The van der Waals surface area contributed by atoms with E-state index in [9.17, 15) is 23.6 Å². The topological polar surface area (TPSA) is 152 Å². The van der Waals surface area contributed by atoms with Crippen LogP contribution in [-0.2, 0) is 18.9 Å². The first-order valence-electron chi connectivity index (χ1n) is 9.12. The Labute approximate surface area is 178 Å². The molecule has 3 N–H and O–H groups in total. The van der Waals surface area contributed by atoms with E-state index in [2.05, 4.69) is 24.6 Å².